The lowest BCUT2D eigenvalue weighted by Crippen LogP contribution is -2.16. The maximum absolute atomic E-state index is 14.3. The highest BCUT2D eigenvalue weighted by molar-refractivity contribution is 9.10. The molecule has 22 heavy (non-hydrogen) atoms. The van der Waals surface area contributed by atoms with Gasteiger partial charge >= 0.3 is 13.3 Å². The van der Waals surface area contributed by atoms with Crippen LogP contribution >= 0.6 is 34.9 Å². The fourth-order valence-electron chi connectivity index (χ4n) is 1.82. The monoisotopic (exact) mass is 413 g/mol. The highest BCUT2D eigenvalue weighted by Crippen LogP contribution is 2.64. The Hall–Kier alpha value is -0.860. The molecular weight excluding hydrogens is 403 g/mol. The Kier molecular flexibility index (Phi) is 4.75. The summed E-state index contributed by atoms with van der Waals surface area (Å²) in [5.74, 6) is -0.673. The number of fused-ring (bicyclic) bond motifs is 1. The van der Waals surface area contributed by atoms with E-state index < -0.39 is 24.7 Å². The quantitative estimate of drug-likeness (QED) is 0.723. The van der Waals surface area contributed by atoms with Crippen LogP contribution in [0.15, 0.2) is 22.7 Å². The molecule has 1 unspecified atom stereocenters. The Labute approximate surface area is 136 Å². The van der Waals surface area contributed by atoms with Gasteiger partial charge in [-0.05, 0) is 30.5 Å². The maximum Gasteiger partial charge on any atom is 0.401 e. The topological polar surface area (TPSA) is 89.6 Å². The number of carbonyl (C=O) groups is 1. The van der Waals surface area contributed by atoms with Crippen molar-refractivity contribution < 1.29 is 27.6 Å². The molecule has 0 fully saturated rings. The number of amides is 1. The summed E-state index contributed by atoms with van der Waals surface area (Å²) in [6.07, 6.45) is 0. The number of hydrogen-bond acceptors (Lipinski definition) is 4. The van der Waals surface area contributed by atoms with E-state index in [9.17, 15) is 23.0 Å². The second kappa shape index (κ2) is 5.98. The first-order valence-electron chi connectivity index (χ1n) is 5.98. The molecule has 0 radical (unpaired) electrons. The van der Waals surface area contributed by atoms with Gasteiger partial charge in [0, 0.05) is 14.7 Å². The lowest BCUT2D eigenvalue weighted by molar-refractivity contribution is 0.0461. The van der Waals surface area contributed by atoms with Gasteiger partial charge in [0.1, 0.15) is 0 Å². The van der Waals surface area contributed by atoms with Gasteiger partial charge in [0.2, 0.25) is 0 Å². The molecule has 2 rings (SSSR count). The zero-order valence-electron chi connectivity index (χ0n) is 11.2. The minimum atomic E-state index is -5.19. The Bertz CT molecular complexity index is 795. The molecule has 5 nitrogen and oxygen atoms in total. The molecule has 1 aromatic carbocycles. The van der Waals surface area contributed by atoms with Crippen LogP contribution in [0.25, 0.3) is 10.1 Å². The van der Waals surface area contributed by atoms with E-state index in [2.05, 4.69) is 20.5 Å². The molecule has 0 aliphatic carbocycles. The Morgan fingerprint density at radius 2 is 2.14 bits per heavy atom. The van der Waals surface area contributed by atoms with Crippen molar-refractivity contribution in [2.45, 2.75) is 12.6 Å². The average molecular weight is 414 g/mol. The fraction of sp³-hybridized carbons (Fsp3) is 0.250. The molecule has 120 valence electrons. The molecule has 1 atom stereocenters. The molecule has 3 N–H and O–H groups in total. The van der Waals surface area contributed by atoms with Gasteiger partial charge in [-0.15, -0.1) is 11.3 Å². The normalized spacial score (nSPS) is 15.0. The van der Waals surface area contributed by atoms with Gasteiger partial charge < -0.3 is 15.2 Å². The Morgan fingerprint density at radius 3 is 2.68 bits per heavy atom. The number of halogens is 3. The van der Waals surface area contributed by atoms with Crippen LogP contribution in [0.3, 0.4) is 0 Å². The van der Waals surface area contributed by atoms with Crippen molar-refractivity contribution in [3.05, 3.63) is 33.1 Å². The van der Waals surface area contributed by atoms with Crippen LogP contribution in [0.2, 0.25) is 0 Å². The predicted octanol–water partition coefficient (Wildman–Crippen LogP) is 4.03. The summed E-state index contributed by atoms with van der Waals surface area (Å²) < 4.78 is 45.2. The van der Waals surface area contributed by atoms with Crippen molar-refractivity contribution >= 4 is 50.9 Å². The van der Waals surface area contributed by atoms with E-state index in [1.807, 2.05) is 0 Å². The van der Waals surface area contributed by atoms with Gasteiger partial charge in [0.15, 0.2) is 0 Å². The minimum absolute atomic E-state index is 0.0585. The first-order valence-corrected chi connectivity index (χ1v) is 9.17. The van der Waals surface area contributed by atoms with Gasteiger partial charge in [-0.1, -0.05) is 15.9 Å². The number of rotatable bonds is 5. The number of primary amides is 1. The van der Waals surface area contributed by atoms with Crippen molar-refractivity contribution in [3.8, 4) is 0 Å². The molecule has 1 amide bonds. The summed E-state index contributed by atoms with van der Waals surface area (Å²) in [5.41, 5.74) is 0.376. The van der Waals surface area contributed by atoms with E-state index >= 15 is 0 Å². The summed E-state index contributed by atoms with van der Waals surface area (Å²) in [5, 5.41) is 0.327. The lowest BCUT2D eigenvalue weighted by Gasteiger charge is -2.23. The number of thiophene rings is 1. The first-order chi connectivity index (χ1) is 10.1. The SMILES string of the molecule is CCOP(=O)(O)C(F)(F)c1cc2cc(C(N)=O)sc2cc1Br. The molecule has 0 saturated heterocycles. The second-order valence-electron chi connectivity index (χ2n) is 4.32. The molecule has 0 aliphatic heterocycles. The molecule has 0 saturated carbocycles. The third-order valence-corrected chi connectivity index (χ3v) is 6.16. The molecule has 1 aromatic heterocycles. The van der Waals surface area contributed by atoms with E-state index in [0.29, 0.717) is 10.1 Å². The van der Waals surface area contributed by atoms with Crippen LogP contribution < -0.4 is 5.73 Å². The summed E-state index contributed by atoms with van der Waals surface area (Å²) >= 11 is 4.01. The van der Waals surface area contributed by atoms with Crippen LogP contribution in [-0.2, 0) is 14.8 Å². The summed E-state index contributed by atoms with van der Waals surface area (Å²) in [4.78, 5) is 20.8. The molecule has 0 bridgehead atoms. The number of alkyl halides is 2. The minimum Gasteiger partial charge on any atom is -0.365 e. The van der Waals surface area contributed by atoms with Crippen LogP contribution in [0, 0.1) is 0 Å². The molecular formula is C12H11BrF2NO4PS. The highest BCUT2D eigenvalue weighted by Gasteiger charge is 2.53. The van der Waals surface area contributed by atoms with Gasteiger partial charge in [-0.3, -0.25) is 9.36 Å². The summed E-state index contributed by atoms with van der Waals surface area (Å²) in [6, 6.07) is 3.75. The molecule has 0 aliphatic rings. The van der Waals surface area contributed by atoms with Crippen LogP contribution in [0.1, 0.15) is 22.2 Å². The molecule has 1 heterocycles. The Balaban J connectivity index is 2.62. The van der Waals surface area contributed by atoms with E-state index in [4.69, 9.17) is 5.73 Å². The number of hydrogen-bond donors (Lipinski definition) is 2. The number of nitrogens with two attached hydrogens (primary N) is 1. The second-order valence-corrected chi connectivity index (χ2v) is 8.12. The van der Waals surface area contributed by atoms with Gasteiger partial charge in [0.05, 0.1) is 11.5 Å². The van der Waals surface area contributed by atoms with E-state index in [-0.39, 0.29) is 16.0 Å². The average Bonchev–Trinajstić information content (AvgIpc) is 2.80. The zero-order chi connectivity index (χ0) is 16.7. The fourth-order valence-corrected chi connectivity index (χ4v) is 4.66. The van der Waals surface area contributed by atoms with Crippen molar-refractivity contribution in [2.75, 3.05) is 6.61 Å². The van der Waals surface area contributed by atoms with Gasteiger partial charge in [0.25, 0.3) is 5.91 Å². The standard InChI is InChI=1S/C12H11BrF2NO4PS/c1-2-20-21(18,19)12(14,15)7-3-6-4-10(11(16)17)22-9(6)5-8(7)13/h3-5H,2H2,1H3,(H2,16,17)(H,18,19). The van der Waals surface area contributed by atoms with E-state index in [0.717, 1.165) is 17.4 Å². The largest absolute Gasteiger partial charge is 0.401 e. The maximum atomic E-state index is 14.3. The van der Waals surface area contributed by atoms with Gasteiger partial charge in [-0.25, -0.2) is 0 Å². The zero-order valence-corrected chi connectivity index (χ0v) is 14.5. The predicted molar refractivity (Wildman–Crippen MR) is 83.4 cm³/mol. The van der Waals surface area contributed by atoms with E-state index in [1.54, 1.807) is 0 Å². The number of benzene rings is 1. The van der Waals surface area contributed by atoms with Crippen molar-refractivity contribution in [2.24, 2.45) is 5.73 Å². The van der Waals surface area contributed by atoms with Crippen LogP contribution in [0.5, 0.6) is 0 Å². The van der Waals surface area contributed by atoms with Crippen molar-refractivity contribution in [1.29, 1.82) is 0 Å². The van der Waals surface area contributed by atoms with E-state index in [1.165, 1.54) is 19.1 Å². The molecule has 2 aromatic rings. The van der Waals surface area contributed by atoms with Crippen LogP contribution in [0.4, 0.5) is 8.78 Å². The smallest absolute Gasteiger partial charge is 0.365 e. The van der Waals surface area contributed by atoms with Crippen LogP contribution in [-0.4, -0.2) is 17.4 Å². The highest BCUT2D eigenvalue weighted by atomic mass is 79.9. The number of carbonyl (C=O) groups excluding carboxylic acids is 1. The third-order valence-electron chi connectivity index (χ3n) is 2.83. The van der Waals surface area contributed by atoms with Gasteiger partial charge in [-0.2, -0.15) is 8.78 Å². The van der Waals surface area contributed by atoms with Crippen molar-refractivity contribution in [3.63, 3.8) is 0 Å². The Morgan fingerprint density at radius 1 is 1.50 bits per heavy atom. The summed E-state index contributed by atoms with van der Waals surface area (Å²) in [6.45, 7) is 1.02. The van der Waals surface area contributed by atoms with Crippen molar-refractivity contribution in [1.82, 2.24) is 0 Å². The summed E-state index contributed by atoms with van der Waals surface area (Å²) in [7, 11) is -5.19. The molecule has 10 heteroatoms. The third kappa shape index (κ3) is 2.96. The first kappa shape index (κ1) is 17.5. The lowest BCUT2D eigenvalue weighted by atomic mass is 10.1. The molecule has 0 spiro atoms.